The predicted molar refractivity (Wildman–Crippen MR) is 262 cm³/mol. The van der Waals surface area contributed by atoms with E-state index in [9.17, 15) is 0 Å². The Morgan fingerprint density at radius 3 is 0.208 bits per heavy atom. The van der Waals surface area contributed by atoms with Gasteiger partial charge in [-0.1, -0.05) is 0 Å². The fourth-order valence-electron chi connectivity index (χ4n) is 5.00. The van der Waals surface area contributed by atoms with Crippen LogP contribution in [0.2, 0.25) is 0 Å². The number of hydrogen-bond acceptors (Lipinski definition) is 24. The van der Waals surface area contributed by atoms with Crippen LogP contribution in [0.4, 0.5) is 0 Å². The first-order valence-electron chi connectivity index (χ1n) is 25.6. The lowest BCUT2D eigenvalue weighted by molar-refractivity contribution is -0.0319. The molecule has 0 aliphatic carbocycles. The number of ether oxygens (including phenoxy) is 24. The second kappa shape index (κ2) is 70.0. The highest BCUT2D eigenvalue weighted by Crippen LogP contribution is 1.91. The second-order valence-corrected chi connectivity index (χ2v) is 14.5. The molecule has 0 aromatic rings. The summed E-state index contributed by atoms with van der Waals surface area (Å²) in [6.07, 6.45) is 0. The lowest BCUT2D eigenvalue weighted by Gasteiger charge is -2.09. The van der Waals surface area contributed by atoms with Crippen molar-refractivity contribution >= 4 is 0 Å². The summed E-state index contributed by atoms with van der Waals surface area (Å²) in [4.78, 5) is 0. The third-order valence-corrected chi connectivity index (χ3v) is 8.68. The van der Waals surface area contributed by atoms with E-state index in [0.717, 1.165) is 0 Å². The molecular weight excluding hydrogens is 961 g/mol. The molecule has 0 aliphatic heterocycles. The highest BCUT2D eigenvalue weighted by molar-refractivity contribution is 4.42. The molecule has 0 heterocycles. The van der Waals surface area contributed by atoms with Crippen molar-refractivity contribution in [2.45, 2.75) is 0 Å². The monoisotopic (exact) mass is 1060 g/mol. The van der Waals surface area contributed by atoms with E-state index >= 15 is 0 Å². The molecule has 0 rings (SSSR count). The number of rotatable bonds is 69. The Balaban J connectivity index is 3.07. The molecule has 0 spiro atoms. The van der Waals surface area contributed by atoms with Crippen LogP contribution in [-0.4, -0.2) is 318 Å². The molecule has 434 valence electrons. The van der Waals surface area contributed by atoms with Gasteiger partial charge in [-0.3, -0.25) is 0 Å². The third-order valence-electron chi connectivity index (χ3n) is 8.68. The van der Waals surface area contributed by atoms with Gasteiger partial charge >= 0.3 is 0 Å². The average Bonchev–Trinajstić information content (AvgIpc) is 3.39. The Kier molecular flexibility index (Phi) is 69.1. The summed E-state index contributed by atoms with van der Waals surface area (Å²) in [5.41, 5.74) is 0. The molecule has 24 heteroatoms. The van der Waals surface area contributed by atoms with Crippen LogP contribution in [-0.2, 0) is 114 Å². The number of hydrogen-bond donors (Lipinski definition) is 0. The quantitative estimate of drug-likeness (QED) is 0.0763. The summed E-state index contributed by atoms with van der Waals surface area (Å²) in [5.74, 6) is 0. The largest absolute Gasteiger partial charge is 0.382 e. The van der Waals surface area contributed by atoms with Crippen LogP contribution in [0.3, 0.4) is 0 Å². The summed E-state index contributed by atoms with van der Waals surface area (Å²) < 4.78 is 130. The maximum absolute atomic E-state index is 5.52. The Morgan fingerprint density at radius 1 is 0.0972 bits per heavy atom. The molecule has 0 amide bonds. The fraction of sp³-hybridized carbons (Fsp3) is 1.00. The van der Waals surface area contributed by atoms with Gasteiger partial charge < -0.3 is 114 Å². The first kappa shape index (κ1) is 71.0. The predicted octanol–water partition coefficient (Wildman–Crippen LogP) is 0.644. The highest BCUT2D eigenvalue weighted by Gasteiger charge is 2.00. The van der Waals surface area contributed by atoms with Crippen LogP contribution in [0.25, 0.3) is 0 Å². The zero-order chi connectivity index (χ0) is 51.5. The van der Waals surface area contributed by atoms with E-state index < -0.39 is 0 Å². The maximum Gasteiger partial charge on any atom is 0.0701 e. The summed E-state index contributed by atoms with van der Waals surface area (Å²) in [6.45, 7) is 23.5. The van der Waals surface area contributed by atoms with E-state index in [4.69, 9.17) is 114 Å². The van der Waals surface area contributed by atoms with Crippen LogP contribution in [0.1, 0.15) is 0 Å². The molecule has 0 unspecified atom stereocenters. The maximum atomic E-state index is 5.52. The Hall–Kier alpha value is -0.960. The van der Waals surface area contributed by atoms with Gasteiger partial charge in [-0.15, -0.1) is 0 Å². The van der Waals surface area contributed by atoms with Crippen molar-refractivity contribution in [2.75, 3.05) is 318 Å². The smallest absolute Gasteiger partial charge is 0.0701 e. The molecule has 0 radical (unpaired) electrons. The molecule has 0 saturated carbocycles. The van der Waals surface area contributed by atoms with E-state index in [1.54, 1.807) is 14.2 Å². The molecule has 0 fully saturated rings. The van der Waals surface area contributed by atoms with Crippen molar-refractivity contribution < 1.29 is 114 Å². The van der Waals surface area contributed by atoms with Gasteiger partial charge in [0.05, 0.1) is 304 Å². The van der Waals surface area contributed by atoms with Crippen molar-refractivity contribution in [3.05, 3.63) is 0 Å². The molecule has 24 nitrogen and oxygen atoms in total. The van der Waals surface area contributed by atoms with Gasteiger partial charge in [-0.2, -0.15) is 0 Å². The molecule has 0 N–H and O–H groups in total. The minimum Gasteiger partial charge on any atom is -0.382 e. The van der Waals surface area contributed by atoms with Gasteiger partial charge in [0.1, 0.15) is 0 Å². The molecule has 0 aromatic heterocycles. The molecule has 0 saturated heterocycles. The average molecular weight is 1060 g/mol. The molecule has 0 aromatic carbocycles. The molecule has 0 aliphatic rings. The van der Waals surface area contributed by atoms with Crippen LogP contribution in [0.15, 0.2) is 0 Å². The van der Waals surface area contributed by atoms with Gasteiger partial charge in [0, 0.05) is 14.2 Å². The SMILES string of the molecule is COCCOCCOCCOCCOCCOCCOCCOCCOCCOCCOCCOCCOCCOCCOCCOCCOCCOCCOCCOCCOCCOCCOCCOC. The topological polar surface area (TPSA) is 222 Å². The van der Waals surface area contributed by atoms with E-state index in [0.29, 0.717) is 304 Å². The zero-order valence-electron chi connectivity index (χ0n) is 44.3. The van der Waals surface area contributed by atoms with Crippen LogP contribution in [0, 0.1) is 0 Å². The first-order valence-corrected chi connectivity index (χ1v) is 25.6. The van der Waals surface area contributed by atoms with Gasteiger partial charge in [0.2, 0.25) is 0 Å². The molecule has 0 bridgehead atoms. The second-order valence-electron chi connectivity index (χ2n) is 14.5. The highest BCUT2D eigenvalue weighted by atomic mass is 16.6. The van der Waals surface area contributed by atoms with E-state index in [-0.39, 0.29) is 0 Å². The van der Waals surface area contributed by atoms with Crippen LogP contribution in [0.5, 0.6) is 0 Å². The van der Waals surface area contributed by atoms with Gasteiger partial charge in [-0.05, 0) is 0 Å². The molecular formula is C48H98O24. The van der Waals surface area contributed by atoms with Crippen molar-refractivity contribution in [1.29, 1.82) is 0 Å². The fourth-order valence-corrected chi connectivity index (χ4v) is 5.00. The van der Waals surface area contributed by atoms with Gasteiger partial charge in [-0.25, -0.2) is 0 Å². The normalized spacial score (nSPS) is 11.8. The van der Waals surface area contributed by atoms with Crippen molar-refractivity contribution in [2.24, 2.45) is 0 Å². The number of methoxy groups -OCH3 is 2. The minimum atomic E-state index is 0.489. The Labute approximate surface area is 431 Å². The Morgan fingerprint density at radius 2 is 0.153 bits per heavy atom. The summed E-state index contributed by atoms with van der Waals surface area (Å²) >= 11 is 0. The van der Waals surface area contributed by atoms with Gasteiger partial charge in [0.15, 0.2) is 0 Å². The van der Waals surface area contributed by atoms with E-state index in [1.807, 2.05) is 0 Å². The van der Waals surface area contributed by atoms with E-state index in [2.05, 4.69) is 0 Å². The van der Waals surface area contributed by atoms with Gasteiger partial charge in [0.25, 0.3) is 0 Å². The van der Waals surface area contributed by atoms with E-state index in [1.165, 1.54) is 0 Å². The van der Waals surface area contributed by atoms with Crippen LogP contribution < -0.4 is 0 Å². The van der Waals surface area contributed by atoms with Crippen molar-refractivity contribution in [3.8, 4) is 0 Å². The molecule has 72 heavy (non-hydrogen) atoms. The van der Waals surface area contributed by atoms with Crippen molar-refractivity contribution in [3.63, 3.8) is 0 Å². The third kappa shape index (κ3) is 69.0. The minimum absolute atomic E-state index is 0.489. The van der Waals surface area contributed by atoms with Crippen LogP contribution >= 0.6 is 0 Å². The summed E-state index contributed by atoms with van der Waals surface area (Å²) in [5, 5.41) is 0. The molecule has 0 atom stereocenters. The van der Waals surface area contributed by atoms with Crippen molar-refractivity contribution in [1.82, 2.24) is 0 Å². The summed E-state index contributed by atoms with van der Waals surface area (Å²) in [6, 6.07) is 0. The lowest BCUT2D eigenvalue weighted by Crippen LogP contribution is -2.16. The first-order chi connectivity index (χ1) is 35.9. The Bertz CT molecular complexity index is 854. The summed E-state index contributed by atoms with van der Waals surface area (Å²) in [7, 11) is 3.29. The lowest BCUT2D eigenvalue weighted by atomic mass is 10.6. The standard InChI is InChI=1S/C48H98O24/c1-49-3-5-51-7-9-53-11-13-55-15-17-57-19-21-59-23-25-61-27-29-63-31-33-65-35-37-67-39-41-69-43-45-71-47-48-72-46-44-70-42-40-68-38-36-66-34-32-64-30-28-62-26-24-60-22-20-58-18-16-56-14-12-54-10-8-52-6-4-50-2/h3-48H2,1-2H3. The zero-order valence-corrected chi connectivity index (χ0v) is 44.3.